The molecule has 1 aliphatic carbocycles. The van der Waals surface area contributed by atoms with Crippen molar-refractivity contribution in [3.8, 4) is 0 Å². The first-order valence-corrected chi connectivity index (χ1v) is 12.2. The van der Waals surface area contributed by atoms with E-state index < -0.39 is 10.0 Å². The Morgan fingerprint density at radius 1 is 1.17 bits per heavy atom. The van der Waals surface area contributed by atoms with Crippen LogP contribution in [0.1, 0.15) is 28.1 Å². The van der Waals surface area contributed by atoms with Crippen molar-refractivity contribution in [2.24, 2.45) is 0 Å². The number of nitrogens with one attached hydrogen (secondary N) is 1. The van der Waals surface area contributed by atoms with Crippen LogP contribution in [0.2, 0.25) is 0 Å². The second-order valence-electron chi connectivity index (χ2n) is 7.74. The predicted octanol–water partition coefficient (Wildman–Crippen LogP) is 2.19. The molecular weight excluding hydrogens is 408 g/mol. The third-order valence-corrected chi connectivity index (χ3v) is 8.62. The Bertz CT molecular complexity index is 1000. The largest absolute Gasteiger partial charge is 0.301 e. The Hall–Kier alpha value is -1.81. The molecule has 7 nitrogen and oxygen atoms in total. The summed E-state index contributed by atoms with van der Waals surface area (Å²) in [5.41, 5.74) is 2.81. The molecule has 29 heavy (non-hydrogen) atoms. The third-order valence-electron chi connectivity index (χ3n) is 5.50. The number of sulfonamides is 1. The van der Waals surface area contributed by atoms with E-state index >= 15 is 0 Å². The third kappa shape index (κ3) is 4.37. The first-order valence-electron chi connectivity index (χ1n) is 9.91. The van der Waals surface area contributed by atoms with E-state index in [0.717, 1.165) is 36.1 Å². The van der Waals surface area contributed by atoms with E-state index in [0.29, 0.717) is 36.2 Å². The summed E-state index contributed by atoms with van der Waals surface area (Å²) in [6, 6.07) is 5.50. The minimum absolute atomic E-state index is 0.0942. The van der Waals surface area contributed by atoms with Gasteiger partial charge in [-0.1, -0.05) is 12.1 Å². The number of carbonyl (C=O) groups excluding carboxylic acids is 1. The fourth-order valence-electron chi connectivity index (χ4n) is 3.86. The Labute approximate surface area is 175 Å². The molecule has 0 radical (unpaired) electrons. The van der Waals surface area contributed by atoms with Gasteiger partial charge in [-0.25, -0.2) is 13.4 Å². The lowest BCUT2D eigenvalue weighted by molar-refractivity contribution is -0.117. The fourth-order valence-corrected chi connectivity index (χ4v) is 6.66. The number of hydrogen-bond acceptors (Lipinski definition) is 6. The zero-order valence-corrected chi connectivity index (χ0v) is 18.4. The van der Waals surface area contributed by atoms with E-state index in [9.17, 15) is 13.2 Å². The van der Waals surface area contributed by atoms with Crippen LogP contribution in [0.25, 0.3) is 0 Å². The van der Waals surface area contributed by atoms with Crippen molar-refractivity contribution >= 4 is 32.4 Å². The van der Waals surface area contributed by atoms with Crippen LogP contribution in [0.15, 0.2) is 23.1 Å². The van der Waals surface area contributed by atoms with Crippen LogP contribution >= 0.6 is 11.3 Å². The van der Waals surface area contributed by atoms with Crippen molar-refractivity contribution in [3.63, 3.8) is 0 Å². The molecule has 0 unspecified atom stereocenters. The number of fused-ring (bicyclic) bond motifs is 1. The van der Waals surface area contributed by atoms with Crippen LogP contribution in [0.4, 0.5) is 5.13 Å². The van der Waals surface area contributed by atoms with E-state index in [-0.39, 0.29) is 12.5 Å². The highest BCUT2D eigenvalue weighted by atomic mass is 32.2. The molecule has 1 aliphatic heterocycles. The maximum Gasteiger partial charge on any atom is 0.243 e. The number of carbonyl (C=O) groups is 1. The molecule has 2 aromatic rings. The Balaban J connectivity index is 1.33. The van der Waals surface area contributed by atoms with Gasteiger partial charge >= 0.3 is 0 Å². The average molecular weight is 435 g/mol. The van der Waals surface area contributed by atoms with E-state index in [2.05, 4.69) is 10.3 Å². The molecule has 9 heteroatoms. The normalized spacial score (nSPS) is 18.0. The molecule has 2 heterocycles. The number of benzene rings is 1. The Kier molecular flexibility index (Phi) is 5.74. The smallest absolute Gasteiger partial charge is 0.243 e. The molecule has 0 atom stereocenters. The molecule has 156 valence electrons. The molecule has 4 rings (SSSR count). The van der Waals surface area contributed by atoms with Crippen molar-refractivity contribution < 1.29 is 13.2 Å². The summed E-state index contributed by atoms with van der Waals surface area (Å²) in [7, 11) is -3.52. The number of rotatable bonds is 5. The summed E-state index contributed by atoms with van der Waals surface area (Å²) in [5, 5.41) is 3.57. The molecular formula is C20H26N4O3S2. The average Bonchev–Trinajstić information content (AvgIpc) is 3.25. The van der Waals surface area contributed by atoms with Crippen LogP contribution in [-0.4, -0.2) is 61.2 Å². The molecule has 1 amide bonds. The van der Waals surface area contributed by atoms with Gasteiger partial charge in [0.05, 0.1) is 17.1 Å². The standard InChI is InChI=1S/C20H26N4O3S2/c1-14-6-7-15(2)18(12-14)29(26,27)24-10-8-23(9-11-24)13-19(25)22-20-21-16-4-3-5-17(16)28-20/h6-7,12H,3-5,8-11,13H2,1-2H3,(H,21,22,25). The number of piperazine rings is 1. The van der Waals surface area contributed by atoms with Crippen molar-refractivity contribution in [2.45, 2.75) is 38.0 Å². The molecule has 0 spiro atoms. The minimum Gasteiger partial charge on any atom is -0.301 e. The summed E-state index contributed by atoms with van der Waals surface area (Å²) < 4.78 is 27.6. The first-order chi connectivity index (χ1) is 13.8. The van der Waals surface area contributed by atoms with E-state index in [1.165, 1.54) is 9.18 Å². The lowest BCUT2D eigenvalue weighted by atomic mass is 10.2. The van der Waals surface area contributed by atoms with Crippen LogP contribution < -0.4 is 5.32 Å². The van der Waals surface area contributed by atoms with E-state index in [4.69, 9.17) is 0 Å². The number of amides is 1. The number of anilines is 1. The summed E-state index contributed by atoms with van der Waals surface area (Å²) in [5.74, 6) is -0.0942. The van der Waals surface area contributed by atoms with Gasteiger partial charge in [-0.05, 0) is 50.3 Å². The zero-order valence-electron chi connectivity index (χ0n) is 16.8. The van der Waals surface area contributed by atoms with Gasteiger partial charge in [-0.3, -0.25) is 9.69 Å². The topological polar surface area (TPSA) is 82.6 Å². The van der Waals surface area contributed by atoms with E-state index in [1.54, 1.807) is 17.4 Å². The maximum atomic E-state index is 13.0. The number of thiazole rings is 1. The number of nitrogens with zero attached hydrogens (tertiary/aromatic N) is 3. The van der Waals surface area contributed by atoms with Gasteiger partial charge in [-0.15, -0.1) is 11.3 Å². The lowest BCUT2D eigenvalue weighted by Gasteiger charge is -2.33. The van der Waals surface area contributed by atoms with Crippen molar-refractivity contribution in [2.75, 3.05) is 38.0 Å². The number of hydrogen-bond donors (Lipinski definition) is 1. The van der Waals surface area contributed by atoms with Crippen molar-refractivity contribution in [1.82, 2.24) is 14.2 Å². The summed E-state index contributed by atoms with van der Waals surface area (Å²) in [6.45, 7) is 5.80. The maximum absolute atomic E-state index is 13.0. The molecule has 0 saturated carbocycles. The number of aryl methyl sites for hydroxylation is 4. The highest BCUT2D eigenvalue weighted by molar-refractivity contribution is 7.89. The highest BCUT2D eigenvalue weighted by Crippen LogP contribution is 2.30. The molecule has 0 bridgehead atoms. The van der Waals surface area contributed by atoms with Gasteiger partial charge in [0.1, 0.15) is 0 Å². The molecule has 2 aliphatic rings. The first kappa shape index (κ1) is 20.5. The second-order valence-corrected chi connectivity index (χ2v) is 10.7. The SMILES string of the molecule is Cc1ccc(C)c(S(=O)(=O)N2CCN(CC(=O)Nc3nc4c(s3)CCC4)CC2)c1. The molecule has 1 aromatic heterocycles. The van der Waals surface area contributed by atoms with Gasteiger partial charge in [0, 0.05) is 31.1 Å². The van der Waals surface area contributed by atoms with Crippen molar-refractivity contribution in [3.05, 3.63) is 39.9 Å². The van der Waals surface area contributed by atoms with Gasteiger partial charge in [0.15, 0.2) is 5.13 Å². The van der Waals surface area contributed by atoms with Crippen molar-refractivity contribution in [1.29, 1.82) is 0 Å². The number of aromatic nitrogens is 1. The summed E-state index contributed by atoms with van der Waals surface area (Å²) in [4.78, 5) is 20.5. The highest BCUT2D eigenvalue weighted by Gasteiger charge is 2.30. The Morgan fingerprint density at radius 3 is 2.66 bits per heavy atom. The van der Waals surface area contributed by atoms with Crippen LogP contribution in [0, 0.1) is 13.8 Å². The molecule has 1 fully saturated rings. The van der Waals surface area contributed by atoms with Crippen LogP contribution in [0.5, 0.6) is 0 Å². The summed E-state index contributed by atoms with van der Waals surface area (Å²) in [6.07, 6.45) is 3.20. The minimum atomic E-state index is -3.52. The van der Waals surface area contributed by atoms with E-state index in [1.807, 2.05) is 30.9 Å². The van der Waals surface area contributed by atoms with Gasteiger partial charge in [0.25, 0.3) is 0 Å². The molecule has 1 aromatic carbocycles. The van der Waals surface area contributed by atoms with Gasteiger partial charge in [0.2, 0.25) is 15.9 Å². The summed E-state index contributed by atoms with van der Waals surface area (Å²) >= 11 is 1.57. The fraction of sp³-hybridized carbons (Fsp3) is 0.500. The quantitative estimate of drug-likeness (QED) is 0.780. The Morgan fingerprint density at radius 2 is 1.93 bits per heavy atom. The zero-order chi connectivity index (χ0) is 20.6. The van der Waals surface area contributed by atoms with Crippen LogP contribution in [-0.2, 0) is 27.7 Å². The second kappa shape index (κ2) is 8.14. The van der Waals surface area contributed by atoms with Gasteiger partial charge in [-0.2, -0.15) is 4.31 Å². The van der Waals surface area contributed by atoms with Gasteiger partial charge < -0.3 is 5.32 Å². The molecule has 1 N–H and O–H groups in total. The predicted molar refractivity (Wildman–Crippen MR) is 114 cm³/mol. The lowest BCUT2D eigenvalue weighted by Crippen LogP contribution is -2.50. The monoisotopic (exact) mass is 434 g/mol. The van der Waals surface area contributed by atoms with Crippen LogP contribution in [0.3, 0.4) is 0 Å². The molecule has 1 saturated heterocycles.